The Bertz CT molecular complexity index is 1110. The number of carbonyl (C=O) groups excluding carboxylic acids is 4. The molecule has 282 valence electrons. The fraction of sp³-hybridized carbons (Fsp3) is 0.838. The van der Waals surface area contributed by atoms with Crippen molar-refractivity contribution in [1.29, 1.82) is 0 Å². The van der Waals surface area contributed by atoms with Gasteiger partial charge in [-0.25, -0.2) is 19.2 Å². The van der Waals surface area contributed by atoms with Crippen LogP contribution in [0.15, 0.2) is 12.2 Å². The summed E-state index contributed by atoms with van der Waals surface area (Å²) in [6.07, 6.45) is 7.55. The van der Waals surface area contributed by atoms with Crippen molar-refractivity contribution in [2.75, 3.05) is 39.3 Å². The standard InChI is InChI=1S/C37H66N4O8/c1-34(2,3)46-30(42)38-21-15-24-39(31(43)47-35(4,5)6)22-13-14-23-40(32(44)48-36(7,8)9)25-16-26-41(33(45)49-37(10,11)12)29(27-17-18-27)28-19-20-28/h13-14,27-29H,15-26H2,1-12H3,(H,38,42). The molecule has 0 unspecified atom stereocenters. The van der Waals surface area contributed by atoms with Crippen LogP contribution in [-0.2, 0) is 18.9 Å². The topological polar surface area (TPSA) is 127 Å². The summed E-state index contributed by atoms with van der Waals surface area (Å²) in [5.74, 6) is 1.04. The van der Waals surface area contributed by atoms with Gasteiger partial charge in [0.05, 0.1) is 0 Å². The molecule has 2 aliphatic carbocycles. The summed E-state index contributed by atoms with van der Waals surface area (Å²) >= 11 is 0. The lowest BCUT2D eigenvalue weighted by atomic mass is 10.1. The van der Waals surface area contributed by atoms with Gasteiger partial charge in [-0.2, -0.15) is 0 Å². The van der Waals surface area contributed by atoms with E-state index in [0.29, 0.717) is 50.9 Å². The van der Waals surface area contributed by atoms with Gasteiger partial charge in [0.25, 0.3) is 0 Å². The predicted octanol–water partition coefficient (Wildman–Crippen LogP) is 7.75. The van der Waals surface area contributed by atoms with Crippen molar-refractivity contribution in [1.82, 2.24) is 20.0 Å². The molecule has 2 rings (SSSR count). The van der Waals surface area contributed by atoms with Crippen molar-refractivity contribution in [2.24, 2.45) is 11.8 Å². The molecule has 0 heterocycles. The van der Waals surface area contributed by atoms with Gasteiger partial charge in [-0.15, -0.1) is 0 Å². The number of hydrogen-bond acceptors (Lipinski definition) is 8. The molecule has 0 radical (unpaired) electrons. The smallest absolute Gasteiger partial charge is 0.410 e. The molecule has 2 saturated carbocycles. The fourth-order valence-corrected chi connectivity index (χ4v) is 5.23. The second kappa shape index (κ2) is 17.7. The van der Waals surface area contributed by atoms with Gasteiger partial charge < -0.3 is 39.0 Å². The minimum atomic E-state index is -0.675. The van der Waals surface area contributed by atoms with E-state index in [1.54, 1.807) is 30.6 Å². The molecule has 2 fully saturated rings. The monoisotopic (exact) mass is 694 g/mol. The molecule has 0 aliphatic heterocycles. The minimum Gasteiger partial charge on any atom is -0.444 e. The number of nitrogens with zero attached hydrogens (tertiary/aromatic N) is 3. The second-order valence-corrected chi connectivity index (χ2v) is 17.3. The molecule has 0 atom stereocenters. The molecular formula is C37H66N4O8. The molecule has 0 saturated heterocycles. The summed E-state index contributed by atoms with van der Waals surface area (Å²) in [6.45, 7) is 24.0. The maximum Gasteiger partial charge on any atom is 0.410 e. The van der Waals surface area contributed by atoms with Crippen molar-refractivity contribution < 1.29 is 38.1 Å². The first-order valence-electron chi connectivity index (χ1n) is 18.0. The van der Waals surface area contributed by atoms with E-state index in [1.165, 1.54) is 0 Å². The quantitative estimate of drug-likeness (QED) is 0.105. The number of alkyl carbamates (subject to hydrolysis) is 1. The Morgan fingerprint density at radius 2 is 0.980 bits per heavy atom. The first-order chi connectivity index (χ1) is 22.4. The Morgan fingerprint density at radius 3 is 1.37 bits per heavy atom. The van der Waals surface area contributed by atoms with Gasteiger partial charge in [0.2, 0.25) is 0 Å². The largest absolute Gasteiger partial charge is 0.444 e. The van der Waals surface area contributed by atoms with Gasteiger partial charge in [0.1, 0.15) is 22.4 Å². The van der Waals surface area contributed by atoms with Crippen LogP contribution in [0.4, 0.5) is 19.2 Å². The number of nitrogens with one attached hydrogen (secondary N) is 1. The van der Waals surface area contributed by atoms with Crippen LogP contribution >= 0.6 is 0 Å². The van der Waals surface area contributed by atoms with Gasteiger partial charge in [-0.1, -0.05) is 12.2 Å². The molecule has 1 N–H and O–H groups in total. The van der Waals surface area contributed by atoms with Crippen LogP contribution in [0.2, 0.25) is 0 Å². The van der Waals surface area contributed by atoms with Gasteiger partial charge >= 0.3 is 24.4 Å². The van der Waals surface area contributed by atoms with Gasteiger partial charge in [-0.3, -0.25) is 0 Å². The van der Waals surface area contributed by atoms with E-state index in [0.717, 1.165) is 25.7 Å². The molecule has 0 spiro atoms. The number of ether oxygens (including phenoxy) is 4. The van der Waals surface area contributed by atoms with E-state index in [4.69, 9.17) is 18.9 Å². The normalized spacial score (nSPS) is 15.5. The number of rotatable bonds is 15. The number of amides is 4. The van der Waals surface area contributed by atoms with Crippen LogP contribution in [0.25, 0.3) is 0 Å². The first-order valence-corrected chi connectivity index (χ1v) is 18.0. The zero-order chi connectivity index (χ0) is 37.2. The average Bonchev–Trinajstić information content (AvgIpc) is 3.81. The van der Waals surface area contributed by atoms with Crippen LogP contribution in [0, 0.1) is 11.8 Å². The van der Waals surface area contributed by atoms with Crippen LogP contribution in [-0.4, -0.2) is 107 Å². The molecule has 49 heavy (non-hydrogen) atoms. The number of carbonyl (C=O) groups is 4. The highest BCUT2D eigenvalue weighted by atomic mass is 16.6. The van der Waals surface area contributed by atoms with E-state index in [-0.39, 0.29) is 25.2 Å². The summed E-state index contributed by atoms with van der Waals surface area (Å²) in [4.78, 5) is 56.8. The van der Waals surface area contributed by atoms with Crippen LogP contribution in [0.1, 0.15) is 122 Å². The van der Waals surface area contributed by atoms with Gasteiger partial charge in [-0.05, 0) is 133 Å². The van der Waals surface area contributed by atoms with Crippen LogP contribution in [0.3, 0.4) is 0 Å². The van der Waals surface area contributed by atoms with Crippen molar-refractivity contribution in [3.8, 4) is 0 Å². The Morgan fingerprint density at radius 1 is 0.592 bits per heavy atom. The maximum absolute atomic E-state index is 13.4. The molecular weight excluding hydrogens is 628 g/mol. The first kappa shape index (κ1) is 42.0. The molecule has 2 aliphatic rings. The third-order valence-electron chi connectivity index (χ3n) is 7.42. The predicted molar refractivity (Wildman–Crippen MR) is 190 cm³/mol. The molecule has 0 aromatic carbocycles. The lowest BCUT2D eigenvalue weighted by molar-refractivity contribution is 0.00909. The molecule has 0 aromatic heterocycles. The van der Waals surface area contributed by atoms with Gasteiger partial charge in [0.15, 0.2) is 0 Å². The maximum atomic E-state index is 13.4. The van der Waals surface area contributed by atoms with Crippen molar-refractivity contribution in [3.05, 3.63) is 12.2 Å². The highest BCUT2D eigenvalue weighted by molar-refractivity contribution is 5.70. The summed E-state index contributed by atoms with van der Waals surface area (Å²) in [5.41, 5.74) is -2.54. The summed E-state index contributed by atoms with van der Waals surface area (Å²) in [7, 11) is 0. The highest BCUT2D eigenvalue weighted by Gasteiger charge is 2.47. The summed E-state index contributed by atoms with van der Waals surface area (Å²) < 4.78 is 22.4. The lowest BCUT2D eigenvalue weighted by Crippen LogP contribution is -2.47. The molecule has 0 aromatic rings. The minimum absolute atomic E-state index is 0.183. The van der Waals surface area contributed by atoms with Crippen molar-refractivity contribution in [2.45, 2.75) is 150 Å². The van der Waals surface area contributed by atoms with E-state index < -0.39 is 40.7 Å². The lowest BCUT2D eigenvalue weighted by Gasteiger charge is -2.35. The fourth-order valence-electron chi connectivity index (χ4n) is 5.23. The van der Waals surface area contributed by atoms with E-state index >= 15 is 0 Å². The third kappa shape index (κ3) is 18.4. The van der Waals surface area contributed by atoms with Crippen molar-refractivity contribution >= 4 is 24.4 Å². The Hall–Kier alpha value is -3.18. The summed E-state index contributed by atoms with van der Waals surface area (Å²) in [5, 5.41) is 2.72. The summed E-state index contributed by atoms with van der Waals surface area (Å²) in [6, 6.07) is 0.183. The Balaban J connectivity index is 2.08. The van der Waals surface area contributed by atoms with Crippen LogP contribution in [0.5, 0.6) is 0 Å². The van der Waals surface area contributed by atoms with Gasteiger partial charge in [0, 0.05) is 45.3 Å². The van der Waals surface area contributed by atoms with Crippen molar-refractivity contribution in [3.63, 3.8) is 0 Å². The third-order valence-corrected chi connectivity index (χ3v) is 7.42. The number of hydrogen-bond donors (Lipinski definition) is 1. The SMILES string of the molecule is CC(C)(C)OC(=O)NCCCN(CC=CCN(CCCN(C(=O)OC(C)(C)C)C(C1CC1)C1CC1)C(=O)OC(C)(C)C)C(=O)OC(C)(C)C. The van der Waals surface area contributed by atoms with E-state index in [2.05, 4.69) is 5.32 Å². The zero-order valence-electron chi connectivity index (χ0n) is 32.5. The average molecular weight is 695 g/mol. The molecule has 12 heteroatoms. The molecule has 12 nitrogen and oxygen atoms in total. The zero-order valence-corrected chi connectivity index (χ0v) is 32.5. The molecule has 4 amide bonds. The molecule has 0 bridgehead atoms. The van der Waals surface area contributed by atoms with E-state index in [1.807, 2.05) is 79.4 Å². The highest BCUT2D eigenvalue weighted by Crippen LogP contribution is 2.47. The second-order valence-electron chi connectivity index (χ2n) is 17.3. The van der Waals surface area contributed by atoms with E-state index in [9.17, 15) is 19.2 Å². The Kier molecular flexibility index (Phi) is 15.1. The van der Waals surface area contributed by atoms with Crippen LogP contribution < -0.4 is 5.32 Å². The Labute approximate surface area is 295 Å².